The number of hydrogen-bond donors (Lipinski definition) is 5. The van der Waals surface area contributed by atoms with Gasteiger partial charge in [-0.3, -0.25) is 18.9 Å². The predicted octanol–water partition coefficient (Wildman–Crippen LogP) is 4.89. The molecule has 310 valence electrons. The van der Waals surface area contributed by atoms with Crippen LogP contribution in [0.15, 0.2) is 29.7 Å². The van der Waals surface area contributed by atoms with Crippen LogP contribution in [0.3, 0.4) is 0 Å². The smallest absolute Gasteiger partial charge is 0.414 e. The van der Waals surface area contributed by atoms with Gasteiger partial charge in [0.05, 0.1) is 12.9 Å². The van der Waals surface area contributed by atoms with Crippen molar-refractivity contribution in [2.75, 3.05) is 24.3 Å². The van der Waals surface area contributed by atoms with Crippen LogP contribution < -0.4 is 16.6 Å². The average molecular weight is 876 g/mol. The zero-order valence-electron chi connectivity index (χ0n) is 32.7. The normalized spacial score (nSPS) is 30.2. The monoisotopic (exact) mass is 875 g/mol. The second-order valence-corrected chi connectivity index (χ2v) is 28.1. The van der Waals surface area contributed by atoms with Crippen LogP contribution in [0.25, 0.3) is 11.2 Å². The van der Waals surface area contributed by atoms with Crippen molar-refractivity contribution in [3.63, 3.8) is 0 Å². The molecular formula is C32H53N8O11P2SSi2+. The van der Waals surface area contributed by atoms with E-state index in [-0.39, 0.29) is 64.5 Å². The highest BCUT2D eigenvalue weighted by Gasteiger charge is 2.60. The van der Waals surface area contributed by atoms with Gasteiger partial charge in [-0.25, -0.2) is 15.0 Å². The van der Waals surface area contributed by atoms with E-state index in [1.165, 1.54) is 17.2 Å². The van der Waals surface area contributed by atoms with Crippen molar-refractivity contribution in [1.29, 1.82) is 0 Å². The number of fused-ring (bicyclic) bond motifs is 4. The molecule has 3 aliphatic rings. The number of hydrogen-bond acceptors (Lipinski definition) is 17. The lowest BCUT2D eigenvalue weighted by molar-refractivity contribution is -0.0495. The number of nitrogens with one attached hydrogen (secondary N) is 2. The van der Waals surface area contributed by atoms with Gasteiger partial charge in [-0.1, -0.05) is 55.4 Å². The van der Waals surface area contributed by atoms with Crippen LogP contribution in [0.1, 0.15) is 74.5 Å². The van der Waals surface area contributed by atoms with Crippen LogP contribution in [-0.2, 0) is 47.7 Å². The lowest BCUT2D eigenvalue weighted by atomic mass is 10.1. The molecule has 3 fully saturated rings. The Balaban J connectivity index is 1.41. The first kappa shape index (κ1) is 43.4. The second-order valence-electron chi connectivity index (χ2n) is 15.8. The maximum Gasteiger partial charge on any atom is 0.697 e. The molecule has 9 atom stereocenters. The molecule has 2 saturated heterocycles. The molecule has 2 aliphatic heterocycles. The number of nitrogens with two attached hydrogens (primary N) is 1. The Kier molecular flexibility index (Phi) is 13.4. The van der Waals surface area contributed by atoms with Gasteiger partial charge in [0.25, 0.3) is 5.56 Å². The SMILES string of the molecule is CC(C)[Si](O)(O[Si](O[C@H]1[C@H]2OP(O)(=S)OC[C@H]3C[C@@H](Nc4ccncn4)C[C@@H]3O[P+](=O)OC[C@H]1O[C@H]2n1cnc2c(=O)[nH]c(N)nc21)(C(C)C)C(C)C)C(C)C. The van der Waals surface area contributed by atoms with Crippen LogP contribution >= 0.6 is 15.0 Å². The Morgan fingerprint density at radius 3 is 2.45 bits per heavy atom. The molecule has 6 rings (SSSR count). The van der Waals surface area contributed by atoms with Crippen LogP contribution in [0.5, 0.6) is 0 Å². The third-order valence-electron chi connectivity index (χ3n) is 10.8. The largest absolute Gasteiger partial charge is 0.697 e. The summed E-state index contributed by atoms with van der Waals surface area (Å²) in [5.41, 5.74) is 4.62. The van der Waals surface area contributed by atoms with E-state index in [0.29, 0.717) is 18.7 Å². The van der Waals surface area contributed by atoms with Crippen LogP contribution in [0, 0.1) is 5.92 Å². The highest BCUT2D eigenvalue weighted by Crippen LogP contribution is 2.54. The van der Waals surface area contributed by atoms with Gasteiger partial charge >= 0.3 is 32.1 Å². The third kappa shape index (κ3) is 9.03. The molecule has 3 aromatic heterocycles. The van der Waals surface area contributed by atoms with Gasteiger partial charge in [-0.2, -0.15) is 4.98 Å². The Labute approximate surface area is 333 Å². The Bertz CT molecular complexity index is 1950. The van der Waals surface area contributed by atoms with Gasteiger partial charge < -0.3 is 38.5 Å². The summed E-state index contributed by atoms with van der Waals surface area (Å²) in [6.45, 7) is 11.1. The third-order valence-corrected chi connectivity index (χ3v) is 22.9. The Morgan fingerprint density at radius 2 is 1.80 bits per heavy atom. The molecule has 2 bridgehead atoms. The first-order valence-corrected chi connectivity index (χ1v) is 26.4. The van der Waals surface area contributed by atoms with E-state index in [0.717, 1.165) is 0 Å². The summed E-state index contributed by atoms with van der Waals surface area (Å²) in [4.78, 5) is 56.1. The van der Waals surface area contributed by atoms with Crippen LogP contribution in [0.2, 0.25) is 22.2 Å². The van der Waals surface area contributed by atoms with Crippen molar-refractivity contribution in [3.05, 3.63) is 35.3 Å². The minimum Gasteiger partial charge on any atom is -0.414 e. The fourth-order valence-corrected chi connectivity index (χ4v) is 20.0. The minimum absolute atomic E-state index is 0.0250. The molecule has 24 heteroatoms. The number of imidazole rings is 1. The van der Waals surface area contributed by atoms with E-state index in [4.69, 9.17) is 48.9 Å². The fraction of sp³-hybridized carbons (Fsp3) is 0.719. The molecule has 6 N–H and O–H groups in total. The van der Waals surface area contributed by atoms with Crippen molar-refractivity contribution in [1.82, 2.24) is 29.5 Å². The standard InChI is InChI=1S/C32H52N8O11P2SSi2/c1-17(2)55(44,18(3)4)51-56(19(5)6,20(7)8)50-27-24-14-45-52(42)48-23-12-22(37-25-9-10-34-15-35-25)11-21(23)13-46-53(43,54)49-28(27)31(47-24)40-16-36-26-29(40)38-32(33)39-30(26)41/h9-10,15-24,27-28,31,44H,11-14H2,1-8H3,(H4-,33,34,35,37,38,39,41,43,54)/p+1/t21-,22-,23+,24-,27-,28-,31-,53?/m1/s1. The van der Waals surface area contributed by atoms with E-state index in [9.17, 15) is 19.0 Å². The lowest BCUT2D eigenvalue weighted by Crippen LogP contribution is -2.62. The lowest BCUT2D eigenvalue weighted by Gasteiger charge is -2.47. The van der Waals surface area contributed by atoms with Gasteiger partial charge in [-0.05, 0) is 52.9 Å². The molecular weight excluding hydrogens is 823 g/mol. The highest BCUT2D eigenvalue weighted by molar-refractivity contribution is 8.07. The summed E-state index contributed by atoms with van der Waals surface area (Å²) < 4.78 is 60.4. The molecule has 0 spiro atoms. The maximum atomic E-state index is 13.6. The molecule has 56 heavy (non-hydrogen) atoms. The van der Waals surface area contributed by atoms with E-state index in [1.54, 1.807) is 12.3 Å². The van der Waals surface area contributed by atoms with E-state index in [2.05, 4.69) is 30.2 Å². The summed E-state index contributed by atoms with van der Waals surface area (Å²) in [6.07, 6.45) is 0.111. The predicted molar refractivity (Wildman–Crippen MR) is 214 cm³/mol. The number of nitrogens with zero attached hydrogens (tertiary/aromatic N) is 5. The summed E-state index contributed by atoms with van der Waals surface area (Å²) in [7, 11) is -9.71. The number of rotatable bonds is 11. The number of anilines is 2. The maximum absolute atomic E-state index is 13.6. The molecule has 5 heterocycles. The van der Waals surface area contributed by atoms with Crippen molar-refractivity contribution in [3.8, 4) is 0 Å². The van der Waals surface area contributed by atoms with Gasteiger partial charge in [0, 0.05) is 22.7 Å². The summed E-state index contributed by atoms with van der Waals surface area (Å²) in [5.74, 6) is 0.0823. The quantitative estimate of drug-likeness (QED) is 0.127. The number of nitrogen functional groups attached to an aromatic ring is 1. The van der Waals surface area contributed by atoms with Crippen molar-refractivity contribution in [2.45, 2.75) is 127 Å². The van der Waals surface area contributed by atoms with Crippen molar-refractivity contribution < 1.29 is 45.6 Å². The molecule has 0 aromatic carbocycles. The molecule has 0 radical (unpaired) electrons. The minimum atomic E-state index is -4.14. The second kappa shape index (κ2) is 17.2. The Morgan fingerprint density at radius 1 is 1.09 bits per heavy atom. The van der Waals surface area contributed by atoms with E-state index in [1.807, 2.05) is 55.4 Å². The van der Waals surface area contributed by atoms with Crippen molar-refractivity contribution >= 4 is 66.8 Å². The van der Waals surface area contributed by atoms with Gasteiger partial charge in [0.2, 0.25) is 5.95 Å². The summed E-state index contributed by atoms with van der Waals surface area (Å²) in [6, 6.07) is 1.60. The zero-order valence-corrected chi connectivity index (χ0v) is 37.3. The molecule has 0 amide bonds. The van der Waals surface area contributed by atoms with Crippen LogP contribution in [-0.4, -0.2) is 100.0 Å². The summed E-state index contributed by atoms with van der Waals surface area (Å²) in [5, 5.41) is 3.34. The Hall–Kier alpha value is -2.15. The first-order chi connectivity index (χ1) is 26.3. The molecule has 3 aromatic rings. The van der Waals surface area contributed by atoms with Gasteiger partial charge in [0.1, 0.15) is 43.2 Å². The summed E-state index contributed by atoms with van der Waals surface area (Å²) >= 11 is 5.69. The number of aromatic nitrogens is 6. The average Bonchev–Trinajstić information content (AvgIpc) is 3.80. The van der Waals surface area contributed by atoms with Crippen LogP contribution in [0.4, 0.5) is 11.8 Å². The van der Waals surface area contributed by atoms with E-state index >= 15 is 0 Å². The van der Waals surface area contributed by atoms with E-state index < -0.39 is 68.3 Å². The topological polar surface area (TPSA) is 250 Å². The van der Waals surface area contributed by atoms with Crippen molar-refractivity contribution in [2.24, 2.45) is 5.92 Å². The van der Waals surface area contributed by atoms with Gasteiger partial charge in [0.15, 0.2) is 17.4 Å². The fourth-order valence-electron chi connectivity index (χ4n) is 7.76. The molecule has 19 nitrogen and oxygen atoms in total. The van der Waals surface area contributed by atoms with Gasteiger partial charge in [-0.15, -0.1) is 9.05 Å². The number of aromatic amines is 1. The highest BCUT2D eigenvalue weighted by atomic mass is 32.5. The first-order valence-electron chi connectivity index (χ1n) is 18.8. The molecule has 2 unspecified atom stereocenters. The molecule has 1 saturated carbocycles. The zero-order chi connectivity index (χ0) is 40.7. The molecule has 1 aliphatic carbocycles. The number of H-pyrrole nitrogens is 1. The number of ether oxygens (including phenoxy) is 1.